The summed E-state index contributed by atoms with van der Waals surface area (Å²) in [7, 11) is 4.47. The largest absolute Gasteiger partial charge is 0.323 e. The highest BCUT2D eigenvalue weighted by atomic mass is 16.5. The third-order valence-electron chi connectivity index (χ3n) is 2.22. The number of rotatable bonds is 1. The molecular weight excluding hydrogens is 126 g/mol. The molecule has 0 N–H and O–H groups in total. The van der Waals surface area contributed by atoms with Gasteiger partial charge in [-0.1, -0.05) is 13.8 Å². The first-order valence-electron chi connectivity index (χ1n) is 3.98. The summed E-state index contributed by atoms with van der Waals surface area (Å²) >= 11 is 0. The van der Waals surface area contributed by atoms with Crippen molar-refractivity contribution in [2.24, 2.45) is 5.92 Å². The predicted octanol–water partition coefficient (Wildman–Crippen LogP) is 1.08. The van der Waals surface area contributed by atoms with Crippen LogP contribution >= 0.6 is 0 Å². The van der Waals surface area contributed by atoms with Crippen LogP contribution in [0.1, 0.15) is 13.8 Å². The summed E-state index contributed by atoms with van der Waals surface area (Å²) in [6, 6.07) is 0. The van der Waals surface area contributed by atoms with E-state index in [-0.39, 0.29) is 0 Å². The summed E-state index contributed by atoms with van der Waals surface area (Å²) in [6.45, 7) is 6.52. The number of ether oxygens (including phenoxy) is 1. The lowest BCUT2D eigenvalue weighted by Crippen LogP contribution is -2.47. The lowest BCUT2D eigenvalue weighted by atomic mass is 10.1. The Balaban J connectivity index is 2.59. The van der Waals surface area contributed by atoms with Crippen LogP contribution in [0, 0.1) is 5.92 Å². The van der Waals surface area contributed by atoms with Crippen molar-refractivity contribution < 1.29 is 9.22 Å². The van der Waals surface area contributed by atoms with E-state index < -0.39 is 0 Å². The van der Waals surface area contributed by atoms with Crippen LogP contribution in [-0.2, 0) is 4.74 Å². The van der Waals surface area contributed by atoms with E-state index in [2.05, 4.69) is 27.9 Å². The predicted molar refractivity (Wildman–Crippen MR) is 41.6 cm³/mol. The van der Waals surface area contributed by atoms with Crippen LogP contribution in [0.3, 0.4) is 0 Å². The molecule has 0 saturated carbocycles. The molecule has 0 aromatic rings. The van der Waals surface area contributed by atoms with Gasteiger partial charge in [0.1, 0.15) is 13.2 Å². The second-order valence-electron chi connectivity index (χ2n) is 4.01. The van der Waals surface area contributed by atoms with Crippen LogP contribution in [0.5, 0.6) is 0 Å². The van der Waals surface area contributed by atoms with E-state index in [1.54, 1.807) is 0 Å². The van der Waals surface area contributed by atoms with Crippen molar-refractivity contribution in [2.45, 2.75) is 20.1 Å². The standard InChI is InChI=1S/C8H18NO/c1-7(2)8-9(3,4)5-6-10-8/h7-8H,5-6H2,1-4H3/q+1/t8-/m1/s1. The molecule has 0 unspecified atom stereocenters. The van der Waals surface area contributed by atoms with Gasteiger partial charge in [0.2, 0.25) is 0 Å². The topological polar surface area (TPSA) is 9.23 Å². The van der Waals surface area contributed by atoms with Crippen molar-refractivity contribution in [2.75, 3.05) is 27.2 Å². The molecule has 0 aliphatic carbocycles. The van der Waals surface area contributed by atoms with Crippen molar-refractivity contribution in [3.05, 3.63) is 0 Å². The Bertz CT molecular complexity index is 120. The average molecular weight is 144 g/mol. The Morgan fingerprint density at radius 2 is 2.00 bits per heavy atom. The highest BCUT2D eigenvalue weighted by molar-refractivity contribution is 4.56. The van der Waals surface area contributed by atoms with E-state index in [1.165, 1.54) is 0 Å². The molecule has 2 heteroatoms. The van der Waals surface area contributed by atoms with Crippen molar-refractivity contribution >= 4 is 0 Å². The molecule has 1 heterocycles. The molecule has 1 aliphatic rings. The maximum Gasteiger partial charge on any atom is 0.195 e. The Hall–Kier alpha value is -0.0800. The van der Waals surface area contributed by atoms with Crippen LogP contribution in [0.15, 0.2) is 0 Å². The minimum Gasteiger partial charge on any atom is -0.323 e. The lowest BCUT2D eigenvalue weighted by molar-refractivity contribution is -0.918. The molecule has 10 heavy (non-hydrogen) atoms. The third-order valence-corrected chi connectivity index (χ3v) is 2.22. The summed E-state index contributed by atoms with van der Waals surface area (Å²) in [6.07, 6.45) is 0.417. The second kappa shape index (κ2) is 2.51. The Kier molecular flexibility index (Phi) is 2.02. The maximum atomic E-state index is 5.60. The molecule has 1 aliphatic heterocycles. The van der Waals surface area contributed by atoms with E-state index in [0.29, 0.717) is 12.1 Å². The SMILES string of the molecule is CC(C)[C@H]1OCC[N+]1(C)C. The first kappa shape index (κ1) is 8.02. The quantitative estimate of drug-likeness (QED) is 0.500. The van der Waals surface area contributed by atoms with Gasteiger partial charge in [-0.3, -0.25) is 0 Å². The van der Waals surface area contributed by atoms with Crippen LogP contribution in [0.25, 0.3) is 0 Å². The van der Waals surface area contributed by atoms with Crippen molar-refractivity contribution in [1.29, 1.82) is 0 Å². The fourth-order valence-electron chi connectivity index (χ4n) is 1.74. The molecular formula is C8H18NO+. The maximum absolute atomic E-state index is 5.60. The van der Waals surface area contributed by atoms with E-state index in [9.17, 15) is 0 Å². The molecule has 0 aromatic heterocycles. The molecule has 1 fully saturated rings. The summed E-state index contributed by atoms with van der Waals surface area (Å²) in [5, 5.41) is 0. The number of hydrogen-bond acceptors (Lipinski definition) is 1. The summed E-state index contributed by atoms with van der Waals surface area (Å²) < 4.78 is 6.63. The van der Waals surface area contributed by atoms with E-state index >= 15 is 0 Å². The fraction of sp³-hybridized carbons (Fsp3) is 1.00. The molecule has 60 valence electrons. The smallest absolute Gasteiger partial charge is 0.195 e. The third kappa shape index (κ3) is 1.32. The van der Waals surface area contributed by atoms with Gasteiger partial charge in [0.15, 0.2) is 6.23 Å². The number of quaternary nitrogens is 1. The van der Waals surface area contributed by atoms with Gasteiger partial charge >= 0.3 is 0 Å². The number of nitrogens with zero attached hydrogens (tertiary/aromatic N) is 1. The minimum atomic E-state index is 0.417. The van der Waals surface area contributed by atoms with Gasteiger partial charge in [0, 0.05) is 5.92 Å². The summed E-state index contributed by atoms with van der Waals surface area (Å²) in [4.78, 5) is 0. The highest BCUT2D eigenvalue weighted by Gasteiger charge is 2.36. The van der Waals surface area contributed by atoms with Crippen LogP contribution in [0.2, 0.25) is 0 Å². The van der Waals surface area contributed by atoms with Gasteiger partial charge in [0.05, 0.1) is 14.1 Å². The van der Waals surface area contributed by atoms with Gasteiger partial charge in [-0.2, -0.15) is 0 Å². The first-order valence-corrected chi connectivity index (χ1v) is 3.98. The van der Waals surface area contributed by atoms with Crippen molar-refractivity contribution in [3.63, 3.8) is 0 Å². The first-order chi connectivity index (χ1) is 4.54. The normalized spacial score (nSPS) is 31.5. The zero-order valence-electron chi connectivity index (χ0n) is 7.42. The average Bonchev–Trinajstić information content (AvgIpc) is 2.08. The van der Waals surface area contributed by atoms with E-state index in [4.69, 9.17) is 4.74 Å². The monoisotopic (exact) mass is 144 g/mol. The van der Waals surface area contributed by atoms with Crippen molar-refractivity contribution in [3.8, 4) is 0 Å². The number of hydrogen-bond donors (Lipinski definition) is 0. The molecule has 0 aromatic carbocycles. The Labute approximate surface area is 63.4 Å². The fourth-order valence-corrected chi connectivity index (χ4v) is 1.74. The molecule has 1 atom stereocenters. The van der Waals surface area contributed by atoms with E-state index in [0.717, 1.165) is 17.6 Å². The van der Waals surface area contributed by atoms with Crippen LogP contribution < -0.4 is 0 Å². The summed E-state index contributed by atoms with van der Waals surface area (Å²) in [5.41, 5.74) is 0. The molecule has 1 saturated heterocycles. The minimum absolute atomic E-state index is 0.417. The Morgan fingerprint density at radius 3 is 2.20 bits per heavy atom. The van der Waals surface area contributed by atoms with Gasteiger partial charge in [-0.05, 0) is 0 Å². The molecule has 1 rings (SSSR count). The highest BCUT2D eigenvalue weighted by Crippen LogP contribution is 2.21. The lowest BCUT2D eigenvalue weighted by Gasteiger charge is -2.31. The molecule has 0 amide bonds. The summed E-state index contributed by atoms with van der Waals surface area (Å²) in [5.74, 6) is 0.637. The van der Waals surface area contributed by atoms with Gasteiger partial charge in [-0.25, -0.2) is 0 Å². The second-order valence-corrected chi connectivity index (χ2v) is 4.01. The molecule has 0 spiro atoms. The molecule has 0 radical (unpaired) electrons. The van der Waals surface area contributed by atoms with Crippen molar-refractivity contribution in [1.82, 2.24) is 0 Å². The van der Waals surface area contributed by atoms with E-state index in [1.807, 2.05) is 0 Å². The zero-order chi connectivity index (χ0) is 7.78. The van der Waals surface area contributed by atoms with Crippen LogP contribution in [0.4, 0.5) is 0 Å². The van der Waals surface area contributed by atoms with Gasteiger partial charge < -0.3 is 9.22 Å². The van der Waals surface area contributed by atoms with Crippen LogP contribution in [-0.4, -0.2) is 38.0 Å². The molecule has 2 nitrogen and oxygen atoms in total. The van der Waals surface area contributed by atoms with Gasteiger partial charge in [0.25, 0.3) is 0 Å². The Morgan fingerprint density at radius 1 is 1.40 bits per heavy atom. The molecule has 0 bridgehead atoms. The zero-order valence-corrected chi connectivity index (χ0v) is 7.42. The number of likely N-dealkylation sites (N-methyl/N-ethyl adjacent to an activating group) is 1. The van der Waals surface area contributed by atoms with Gasteiger partial charge in [-0.15, -0.1) is 0 Å².